The molecule has 6 nitrogen and oxygen atoms in total. The van der Waals surface area contributed by atoms with Gasteiger partial charge in [0.1, 0.15) is 0 Å². The van der Waals surface area contributed by atoms with Gasteiger partial charge in [0, 0.05) is 36.9 Å². The fourth-order valence-corrected chi connectivity index (χ4v) is 4.53. The summed E-state index contributed by atoms with van der Waals surface area (Å²) in [5.41, 5.74) is 2.34. The van der Waals surface area contributed by atoms with Gasteiger partial charge in [0.2, 0.25) is 5.91 Å². The van der Waals surface area contributed by atoms with Crippen LogP contribution in [0.25, 0.3) is 10.9 Å². The number of carbonyl (C=O) groups is 2. The minimum absolute atomic E-state index is 0.0204. The smallest absolute Gasteiger partial charge is 0.254 e. The van der Waals surface area contributed by atoms with Crippen molar-refractivity contribution in [3.05, 3.63) is 72.2 Å². The molecule has 146 valence electrons. The van der Waals surface area contributed by atoms with Crippen molar-refractivity contribution in [3.8, 4) is 0 Å². The molecule has 3 saturated heterocycles. The molecular formula is C23H22N4O2. The van der Waals surface area contributed by atoms with Crippen molar-refractivity contribution in [3.63, 3.8) is 0 Å². The standard InChI is InChI=1S/C23H22N4O2/c28-22-16-8-9-18(27(22)14-17-5-3-4-11-24-17)15-26(13-16)23(29)20-10-12-25-21-7-2-1-6-19(20)21/h1-7,10-12,16,18H,8-9,13-15H2/t16-,18+/m0/s1. The lowest BCUT2D eigenvalue weighted by Gasteiger charge is -2.35. The zero-order chi connectivity index (χ0) is 19.8. The second kappa shape index (κ2) is 7.28. The molecule has 3 aliphatic rings. The third-order valence-electron chi connectivity index (χ3n) is 6.02. The van der Waals surface area contributed by atoms with Gasteiger partial charge < -0.3 is 9.80 Å². The summed E-state index contributed by atoms with van der Waals surface area (Å²) in [6.07, 6.45) is 5.19. The molecule has 6 heteroatoms. The molecule has 2 atom stereocenters. The van der Waals surface area contributed by atoms with E-state index < -0.39 is 0 Å². The Morgan fingerprint density at radius 3 is 2.69 bits per heavy atom. The Kier molecular flexibility index (Phi) is 4.46. The van der Waals surface area contributed by atoms with Gasteiger partial charge in [-0.25, -0.2) is 0 Å². The fraction of sp³-hybridized carbons (Fsp3) is 0.304. The van der Waals surface area contributed by atoms with Crippen LogP contribution in [0.3, 0.4) is 0 Å². The highest BCUT2D eigenvalue weighted by atomic mass is 16.2. The number of hydrogen-bond acceptors (Lipinski definition) is 4. The molecule has 0 saturated carbocycles. The van der Waals surface area contributed by atoms with Gasteiger partial charge in [-0.2, -0.15) is 0 Å². The topological polar surface area (TPSA) is 66.4 Å². The molecule has 0 aliphatic carbocycles. The van der Waals surface area contributed by atoms with E-state index >= 15 is 0 Å². The van der Waals surface area contributed by atoms with Crippen LogP contribution >= 0.6 is 0 Å². The number of benzene rings is 1. The lowest BCUT2D eigenvalue weighted by Crippen LogP contribution is -2.47. The largest absolute Gasteiger partial charge is 0.336 e. The van der Waals surface area contributed by atoms with E-state index in [0.29, 0.717) is 25.2 Å². The van der Waals surface area contributed by atoms with Crippen molar-refractivity contribution in [2.24, 2.45) is 5.92 Å². The summed E-state index contributed by atoms with van der Waals surface area (Å²) < 4.78 is 0. The molecule has 29 heavy (non-hydrogen) atoms. The quantitative estimate of drug-likeness (QED) is 0.694. The van der Waals surface area contributed by atoms with Gasteiger partial charge in [0.15, 0.2) is 0 Å². The summed E-state index contributed by atoms with van der Waals surface area (Å²) in [6.45, 7) is 1.54. The van der Waals surface area contributed by atoms with Gasteiger partial charge in [0.05, 0.1) is 29.2 Å². The predicted octanol–water partition coefficient (Wildman–Crippen LogP) is 2.89. The van der Waals surface area contributed by atoms with Crippen molar-refractivity contribution in [1.29, 1.82) is 0 Å². The SMILES string of the molecule is O=C(c1ccnc2ccccc12)N1C[C@@H]2CC[C@H](C1)N(Cc1ccccn1)C2=O. The number of pyridine rings is 2. The lowest BCUT2D eigenvalue weighted by molar-refractivity contribution is -0.140. The third-order valence-corrected chi connectivity index (χ3v) is 6.02. The second-order valence-electron chi connectivity index (χ2n) is 7.80. The number of nitrogens with zero attached hydrogens (tertiary/aromatic N) is 4. The summed E-state index contributed by atoms with van der Waals surface area (Å²) in [6, 6.07) is 15.3. The maximum atomic E-state index is 13.4. The van der Waals surface area contributed by atoms with Gasteiger partial charge in [-0.3, -0.25) is 19.6 Å². The summed E-state index contributed by atoms with van der Waals surface area (Å²) in [5.74, 6) is -0.0238. The molecule has 0 N–H and O–H groups in total. The molecule has 6 rings (SSSR count). The van der Waals surface area contributed by atoms with Gasteiger partial charge >= 0.3 is 0 Å². The van der Waals surface area contributed by atoms with E-state index in [1.165, 1.54) is 0 Å². The van der Waals surface area contributed by atoms with E-state index in [9.17, 15) is 9.59 Å². The van der Waals surface area contributed by atoms with E-state index in [1.807, 2.05) is 52.3 Å². The van der Waals surface area contributed by atoms with E-state index in [4.69, 9.17) is 0 Å². The minimum Gasteiger partial charge on any atom is -0.336 e. The Hall–Kier alpha value is -3.28. The highest BCUT2D eigenvalue weighted by molar-refractivity contribution is 6.06. The van der Waals surface area contributed by atoms with E-state index in [0.717, 1.165) is 29.4 Å². The van der Waals surface area contributed by atoms with Crippen molar-refractivity contribution < 1.29 is 9.59 Å². The van der Waals surface area contributed by atoms with Gasteiger partial charge in [0.25, 0.3) is 5.91 Å². The van der Waals surface area contributed by atoms with Crippen LogP contribution in [-0.4, -0.2) is 50.7 Å². The van der Waals surface area contributed by atoms with E-state index in [-0.39, 0.29) is 23.8 Å². The van der Waals surface area contributed by atoms with Crippen LogP contribution in [-0.2, 0) is 11.3 Å². The average molecular weight is 386 g/mol. The Labute approximate surface area is 169 Å². The van der Waals surface area contributed by atoms with Crippen molar-refractivity contribution in [2.75, 3.05) is 13.1 Å². The molecular weight excluding hydrogens is 364 g/mol. The predicted molar refractivity (Wildman–Crippen MR) is 109 cm³/mol. The molecule has 5 heterocycles. The number of aromatic nitrogens is 2. The van der Waals surface area contributed by atoms with Crippen LogP contribution in [0.2, 0.25) is 0 Å². The Morgan fingerprint density at radius 1 is 0.966 bits per heavy atom. The van der Waals surface area contributed by atoms with Crippen molar-refractivity contribution in [2.45, 2.75) is 25.4 Å². The monoisotopic (exact) mass is 386 g/mol. The first-order valence-electron chi connectivity index (χ1n) is 10.0. The summed E-state index contributed by atoms with van der Waals surface area (Å²) in [4.78, 5) is 39.0. The van der Waals surface area contributed by atoms with Crippen LogP contribution in [0.1, 0.15) is 28.9 Å². The summed E-state index contributed by atoms with van der Waals surface area (Å²) in [7, 11) is 0. The molecule has 0 spiro atoms. The van der Waals surface area contributed by atoms with Gasteiger partial charge in [-0.1, -0.05) is 24.3 Å². The number of rotatable bonds is 3. The third kappa shape index (κ3) is 3.24. The molecule has 2 bridgehead atoms. The molecule has 3 aliphatic heterocycles. The molecule has 2 aromatic heterocycles. The second-order valence-corrected chi connectivity index (χ2v) is 7.80. The van der Waals surface area contributed by atoms with Crippen LogP contribution in [0.5, 0.6) is 0 Å². The van der Waals surface area contributed by atoms with Gasteiger partial charge in [-0.05, 0) is 37.1 Å². The van der Waals surface area contributed by atoms with Crippen LogP contribution in [0.4, 0.5) is 0 Å². The number of para-hydroxylation sites is 1. The molecule has 3 aromatic rings. The highest BCUT2D eigenvalue weighted by Crippen LogP contribution is 2.31. The Morgan fingerprint density at radius 2 is 1.83 bits per heavy atom. The van der Waals surface area contributed by atoms with Crippen molar-refractivity contribution >= 4 is 22.7 Å². The summed E-state index contributed by atoms with van der Waals surface area (Å²) >= 11 is 0. The average Bonchev–Trinajstić information content (AvgIpc) is 3.06. The van der Waals surface area contributed by atoms with E-state index in [2.05, 4.69) is 9.97 Å². The molecule has 1 aromatic carbocycles. The van der Waals surface area contributed by atoms with Crippen LogP contribution < -0.4 is 0 Å². The number of piperidine rings is 1. The number of fused-ring (bicyclic) bond motifs is 5. The van der Waals surface area contributed by atoms with E-state index in [1.54, 1.807) is 18.5 Å². The van der Waals surface area contributed by atoms with Crippen LogP contribution in [0, 0.1) is 5.92 Å². The normalized spacial score (nSPS) is 21.4. The number of carbonyl (C=O) groups excluding carboxylic acids is 2. The number of amides is 2. The molecule has 0 radical (unpaired) electrons. The molecule has 2 amide bonds. The highest BCUT2D eigenvalue weighted by Gasteiger charge is 2.42. The first-order valence-corrected chi connectivity index (χ1v) is 10.0. The molecule has 3 fully saturated rings. The zero-order valence-corrected chi connectivity index (χ0v) is 16.1. The van der Waals surface area contributed by atoms with Crippen LogP contribution in [0.15, 0.2) is 60.9 Å². The Balaban J connectivity index is 1.43. The number of hydrogen-bond donors (Lipinski definition) is 0. The van der Waals surface area contributed by atoms with Gasteiger partial charge in [-0.15, -0.1) is 0 Å². The zero-order valence-electron chi connectivity index (χ0n) is 16.1. The first kappa shape index (κ1) is 17.8. The molecule has 0 unspecified atom stereocenters. The van der Waals surface area contributed by atoms with Crippen molar-refractivity contribution in [1.82, 2.24) is 19.8 Å². The minimum atomic E-state index is -0.144. The first-order chi connectivity index (χ1) is 14.2. The summed E-state index contributed by atoms with van der Waals surface area (Å²) in [5, 5.41) is 0.855. The maximum Gasteiger partial charge on any atom is 0.254 e. The lowest BCUT2D eigenvalue weighted by atomic mass is 9.94. The maximum absolute atomic E-state index is 13.4. The Bertz CT molecular complexity index is 1060. The fourth-order valence-electron chi connectivity index (χ4n) is 4.53.